The summed E-state index contributed by atoms with van der Waals surface area (Å²) in [5.74, 6) is -0.282. The Labute approximate surface area is 193 Å². The van der Waals surface area contributed by atoms with E-state index >= 15 is 0 Å². The minimum atomic E-state index is -3.90. The van der Waals surface area contributed by atoms with Gasteiger partial charge in [0.1, 0.15) is 5.69 Å². The predicted molar refractivity (Wildman–Crippen MR) is 127 cm³/mol. The summed E-state index contributed by atoms with van der Waals surface area (Å²) in [5, 5.41) is 4.36. The number of carbonyl (C=O) groups excluding carboxylic acids is 1. The van der Waals surface area contributed by atoms with Crippen molar-refractivity contribution in [3.05, 3.63) is 101 Å². The molecule has 3 N–H and O–H groups in total. The number of sulfonamides is 1. The molecular formula is C24H18N4O5S. The minimum absolute atomic E-state index is 0.0469. The lowest BCUT2D eigenvalue weighted by Gasteiger charge is -2.11. The van der Waals surface area contributed by atoms with Crippen LogP contribution in [0.5, 0.6) is 0 Å². The number of rotatable bonds is 6. The molecule has 0 fully saturated rings. The van der Waals surface area contributed by atoms with Crippen LogP contribution in [0.25, 0.3) is 21.7 Å². The average molecular weight is 474 g/mol. The number of H-pyrrole nitrogens is 1. The summed E-state index contributed by atoms with van der Waals surface area (Å²) in [6.07, 6.45) is 4.53. The van der Waals surface area contributed by atoms with Gasteiger partial charge in [0.25, 0.3) is 15.9 Å². The van der Waals surface area contributed by atoms with E-state index in [4.69, 9.17) is 4.42 Å². The van der Waals surface area contributed by atoms with Crippen LogP contribution in [0.4, 0.5) is 5.69 Å². The molecule has 9 nitrogen and oxygen atoms in total. The van der Waals surface area contributed by atoms with Crippen LogP contribution in [0.3, 0.4) is 0 Å². The van der Waals surface area contributed by atoms with E-state index in [2.05, 4.69) is 20.0 Å². The lowest BCUT2D eigenvalue weighted by Crippen LogP contribution is -2.23. The molecule has 10 heteroatoms. The summed E-state index contributed by atoms with van der Waals surface area (Å²) in [6, 6.07) is 15.9. The molecule has 0 saturated heterocycles. The van der Waals surface area contributed by atoms with Crippen molar-refractivity contribution in [1.29, 1.82) is 0 Å². The van der Waals surface area contributed by atoms with Crippen molar-refractivity contribution in [2.45, 2.75) is 11.4 Å². The zero-order valence-corrected chi connectivity index (χ0v) is 18.4. The summed E-state index contributed by atoms with van der Waals surface area (Å²) in [5.41, 5.74) is 1.68. The van der Waals surface area contributed by atoms with E-state index < -0.39 is 15.6 Å². The molecule has 5 rings (SSSR count). The number of pyridine rings is 1. The standard InChI is InChI=1S/C24H18N4O5S/c29-23(22-12-16-14-25-10-8-20(16)27-22)26-13-15-4-6-17(7-5-15)34(31,32)28-21-3-1-2-19-18(21)9-11-33-24(19)30/h1-12,14,27-28H,13H2,(H,26,29). The number of nitrogens with zero attached hydrogens (tertiary/aromatic N) is 1. The fourth-order valence-electron chi connectivity index (χ4n) is 3.60. The second-order valence-corrected chi connectivity index (χ2v) is 9.24. The molecule has 0 atom stereocenters. The molecule has 0 bridgehead atoms. The van der Waals surface area contributed by atoms with E-state index in [1.807, 2.05) is 0 Å². The normalized spacial score (nSPS) is 11.5. The smallest absolute Gasteiger partial charge is 0.343 e. The minimum Gasteiger partial charge on any atom is -0.431 e. The highest BCUT2D eigenvalue weighted by Crippen LogP contribution is 2.24. The highest BCUT2D eigenvalue weighted by molar-refractivity contribution is 7.92. The van der Waals surface area contributed by atoms with Gasteiger partial charge in [0, 0.05) is 35.2 Å². The number of fused-ring (bicyclic) bond motifs is 2. The number of aromatic nitrogens is 2. The van der Waals surface area contributed by atoms with Crippen LogP contribution >= 0.6 is 0 Å². The molecule has 0 aliphatic rings. The van der Waals surface area contributed by atoms with Gasteiger partial charge in [-0.15, -0.1) is 0 Å². The number of hydrogen-bond acceptors (Lipinski definition) is 6. The Morgan fingerprint density at radius 1 is 1.03 bits per heavy atom. The zero-order valence-electron chi connectivity index (χ0n) is 17.6. The first-order valence-electron chi connectivity index (χ1n) is 10.2. The molecule has 3 heterocycles. The Bertz CT molecular complexity index is 1660. The molecule has 0 saturated carbocycles. The van der Waals surface area contributed by atoms with Crippen LogP contribution in [0.2, 0.25) is 0 Å². The molecule has 34 heavy (non-hydrogen) atoms. The zero-order chi connectivity index (χ0) is 23.7. The van der Waals surface area contributed by atoms with Crippen LogP contribution < -0.4 is 15.7 Å². The fourth-order valence-corrected chi connectivity index (χ4v) is 4.68. The van der Waals surface area contributed by atoms with Gasteiger partial charge in [-0.1, -0.05) is 18.2 Å². The molecule has 3 aromatic heterocycles. The van der Waals surface area contributed by atoms with Gasteiger partial charge in [-0.25, -0.2) is 13.2 Å². The number of amides is 1. The maximum Gasteiger partial charge on any atom is 0.343 e. The topological polar surface area (TPSA) is 134 Å². The number of anilines is 1. The van der Waals surface area contributed by atoms with Crippen molar-refractivity contribution in [2.24, 2.45) is 0 Å². The first kappa shape index (κ1) is 21.4. The molecule has 1 amide bonds. The third-order valence-electron chi connectivity index (χ3n) is 5.33. The van der Waals surface area contributed by atoms with Crippen molar-refractivity contribution >= 4 is 43.3 Å². The molecule has 0 radical (unpaired) electrons. The molecule has 2 aromatic carbocycles. The summed E-state index contributed by atoms with van der Waals surface area (Å²) >= 11 is 0. The van der Waals surface area contributed by atoms with Gasteiger partial charge in [-0.2, -0.15) is 0 Å². The van der Waals surface area contributed by atoms with Crippen molar-refractivity contribution < 1.29 is 17.6 Å². The van der Waals surface area contributed by atoms with Crippen LogP contribution in [0, 0.1) is 0 Å². The van der Waals surface area contributed by atoms with Crippen LogP contribution in [-0.4, -0.2) is 24.3 Å². The maximum atomic E-state index is 12.9. The van der Waals surface area contributed by atoms with Gasteiger partial charge in [-0.3, -0.25) is 14.5 Å². The molecule has 0 unspecified atom stereocenters. The van der Waals surface area contributed by atoms with E-state index in [1.165, 1.54) is 24.5 Å². The highest BCUT2D eigenvalue weighted by Gasteiger charge is 2.16. The average Bonchev–Trinajstić information content (AvgIpc) is 3.28. The van der Waals surface area contributed by atoms with Crippen molar-refractivity contribution in [1.82, 2.24) is 15.3 Å². The fraction of sp³-hybridized carbons (Fsp3) is 0.0417. The van der Waals surface area contributed by atoms with Crippen molar-refractivity contribution in [3.63, 3.8) is 0 Å². The van der Waals surface area contributed by atoms with E-state index in [0.717, 1.165) is 16.5 Å². The summed E-state index contributed by atoms with van der Waals surface area (Å²) < 4.78 is 33.1. The van der Waals surface area contributed by atoms with Crippen LogP contribution in [-0.2, 0) is 16.6 Å². The number of aromatic amines is 1. The number of carbonyl (C=O) groups is 1. The van der Waals surface area contributed by atoms with E-state index in [9.17, 15) is 18.0 Å². The molecule has 0 aliphatic heterocycles. The Balaban J connectivity index is 1.29. The number of benzene rings is 2. The molecule has 0 spiro atoms. The predicted octanol–water partition coefficient (Wildman–Crippen LogP) is 3.40. The molecular weight excluding hydrogens is 456 g/mol. The number of hydrogen-bond donors (Lipinski definition) is 3. The van der Waals surface area contributed by atoms with Gasteiger partial charge in [0.2, 0.25) is 0 Å². The Hall–Kier alpha value is -4.44. The van der Waals surface area contributed by atoms with Gasteiger partial charge in [-0.05, 0) is 48.0 Å². The maximum absolute atomic E-state index is 12.9. The van der Waals surface area contributed by atoms with E-state index in [-0.39, 0.29) is 28.4 Å². The van der Waals surface area contributed by atoms with Gasteiger partial charge >= 0.3 is 5.63 Å². The van der Waals surface area contributed by atoms with Crippen molar-refractivity contribution in [3.8, 4) is 0 Å². The first-order valence-corrected chi connectivity index (χ1v) is 11.7. The first-order chi connectivity index (χ1) is 16.4. The SMILES string of the molecule is O=C(NCc1ccc(S(=O)(=O)Nc2cccc3c(=O)occc23)cc1)c1cc2cnccc2[nH]1. The van der Waals surface area contributed by atoms with Crippen LogP contribution in [0.15, 0.2) is 93.4 Å². The second-order valence-electron chi connectivity index (χ2n) is 7.55. The van der Waals surface area contributed by atoms with Gasteiger partial charge < -0.3 is 14.7 Å². The summed E-state index contributed by atoms with van der Waals surface area (Å²) in [4.78, 5) is 31.4. The van der Waals surface area contributed by atoms with Gasteiger partial charge in [0.15, 0.2) is 0 Å². The van der Waals surface area contributed by atoms with Crippen LogP contribution in [0.1, 0.15) is 16.1 Å². The number of nitrogens with one attached hydrogen (secondary N) is 3. The van der Waals surface area contributed by atoms with Gasteiger partial charge in [0.05, 0.1) is 22.2 Å². The third-order valence-corrected chi connectivity index (χ3v) is 6.71. The molecule has 170 valence electrons. The Morgan fingerprint density at radius 2 is 1.85 bits per heavy atom. The lowest BCUT2D eigenvalue weighted by molar-refractivity contribution is 0.0946. The Kier molecular flexibility index (Phi) is 5.34. The van der Waals surface area contributed by atoms with E-state index in [1.54, 1.807) is 54.9 Å². The summed E-state index contributed by atoms with van der Waals surface area (Å²) in [6.45, 7) is 0.222. The summed E-state index contributed by atoms with van der Waals surface area (Å²) in [7, 11) is -3.90. The third kappa shape index (κ3) is 4.14. The monoisotopic (exact) mass is 474 g/mol. The largest absolute Gasteiger partial charge is 0.431 e. The molecule has 0 aliphatic carbocycles. The van der Waals surface area contributed by atoms with E-state index in [0.29, 0.717) is 11.1 Å². The Morgan fingerprint density at radius 3 is 2.65 bits per heavy atom. The quantitative estimate of drug-likeness (QED) is 0.345. The van der Waals surface area contributed by atoms with Crippen molar-refractivity contribution in [2.75, 3.05) is 4.72 Å². The highest BCUT2D eigenvalue weighted by atomic mass is 32.2. The second kappa shape index (κ2) is 8.49. The lowest BCUT2D eigenvalue weighted by atomic mass is 10.1. The molecule has 5 aromatic rings.